The van der Waals surface area contributed by atoms with Crippen molar-refractivity contribution in [3.05, 3.63) is 33.8 Å². The molecular formula is C12H11Cl2NO. The van der Waals surface area contributed by atoms with Crippen molar-refractivity contribution in [2.75, 3.05) is 0 Å². The van der Waals surface area contributed by atoms with Crippen molar-refractivity contribution in [2.24, 2.45) is 4.99 Å². The summed E-state index contributed by atoms with van der Waals surface area (Å²) in [6.45, 7) is 0. The van der Waals surface area contributed by atoms with Gasteiger partial charge in [-0.05, 0) is 31.0 Å². The molecule has 1 aliphatic carbocycles. The molecule has 1 saturated carbocycles. The van der Waals surface area contributed by atoms with E-state index in [0.29, 0.717) is 10.0 Å². The monoisotopic (exact) mass is 255 g/mol. The zero-order valence-electron chi connectivity index (χ0n) is 8.67. The van der Waals surface area contributed by atoms with Crippen LogP contribution in [0.25, 0.3) is 0 Å². The fourth-order valence-corrected chi connectivity index (χ4v) is 2.81. The zero-order chi connectivity index (χ0) is 11.6. The molecule has 4 heteroatoms. The number of isocyanates is 1. The van der Waals surface area contributed by atoms with E-state index in [4.69, 9.17) is 23.2 Å². The van der Waals surface area contributed by atoms with Crippen LogP contribution in [0.5, 0.6) is 0 Å². The smallest absolute Gasteiger partial charge is 0.211 e. The number of aliphatic imine (C=N–C) groups is 1. The van der Waals surface area contributed by atoms with Crippen LogP contribution < -0.4 is 0 Å². The van der Waals surface area contributed by atoms with Crippen LogP contribution in [-0.4, -0.2) is 6.08 Å². The maximum absolute atomic E-state index is 10.6. The molecule has 0 atom stereocenters. The summed E-state index contributed by atoms with van der Waals surface area (Å²) in [5.41, 5.74) is 0.353. The van der Waals surface area contributed by atoms with Crippen LogP contribution in [0.2, 0.25) is 10.0 Å². The molecule has 0 radical (unpaired) electrons. The molecule has 0 saturated heterocycles. The van der Waals surface area contributed by atoms with Gasteiger partial charge in [-0.3, -0.25) is 0 Å². The molecule has 0 N–H and O–H groups in total. The fourth-order valence-electron chi connectivity index (χ4n) is 2.34. The number of hydrogen-bond donors (Lipinski definition) is 0. The van der Waals surface area contributed by atoms with Crippen LogP contribution in [0.15, 0.2) is 23.2 Å². The molecule has 0 aromatic heterocycles. The molecule has 16 heavy (non-hydrogen) atoms. The quantitative estimate of drug-likeness (QED) is 0.578. The molecule has 0 heterocycles. The third-order valence-electron chi connectivity index (χ3n) is 3.12. The number of nitrogens with zero attached hydrogens (tertiary/aromatic N) is 1. The van der Waals surface area contributed by atoms with Crippen LogP contribution in [0, 0.1) is 0 Å². The molecule has 1 aliphatic rings. The van der Waals surface area contributed by atoms with E-state index in [9.17, 15) is 4.79 Å². The zero-order valence-corrected chi connectivity index (χ0v) is 10.2. The number of carbonyl (C=O) groups excluding carboxylic acids is 1. The summed E-state index contributed by atoms with van der Waals surface area (Å²) in [4.78, 5) is 14.5. The van der Waals surface area contributed by atoms with E-state index < -0.39 is 5.54 Å². The molecule has 0 bridgehead atoms. The van der Waals surface area contributed by atoms with Crippen molar-refractivity contribution in [3.8, 4) is 0 Å². The van der Waals surface area contributed by atoms with E-state index in [-0.39, 0.29) is 0 Å². The second-order valence-electron chi connectivity index (χ2n) is 4.07. The molecule has 0 spiro atoms. The molecular weight excluding hydrogens is 245 g/mol. The molecule has 84 valence electrons. The van der Waals surface area contributed by atoms with Crippen molar-refractivity contribution < 1.29 is 4.79 Å². The normalized spacial score (nSPS) is 18.1. The summed E-state index contributed by atoms with van der Waals surface area (Å²) < 4.78 is 0. The number of hydrogen-bond acceptors (Lipinski definition) is 2. The third-order valence-corrected chi connectivity index (χ3v) is 3.68. The second kappa shape index (κ2) is 4.58. The Bertz CT molecular complexity index is 446. The third kappa shape index (κ3) is 2.01. The van der Waals surface area contributed by atoms with Crippen LogP contribution in [-0.2, 0) is 10.3 Å². The largest absolute Gasteiger partial charge is 0.235 e. The van der Waals surface area contributed by atoms with E-state index in [0.717, 1.165) is 31.2 Å². The van der Waals surface area contributed by atoms with Gasteiger partial charge in [0.05, 0.1) is 5.54 Å². The van der Waals surface area contributed by atoms with Gasteiger partial charge in [0.15, 0.2) is 0 Å². The van der Waals surface area contributed by atoms with Crippen LogP contribution in [0.1, 0.15) is 31.2 Å². The summed E-state index contributed by atoms with van der Waals surface area (Å²) in [5, 5.41) is 1.23. The van der Waals surface area contributed by atoms with Crippen molar-refractivity contribution in [3.63, 3.8) is 0 Å². The first-order valence-corrected chi connectivity index (χ1v) is 5.98. The Hall–Kier alpha value is -0.820. The highest BCUT2D eigenvalue weighted by Gasteiger charge is 2.37. The van der Waals surface area contributed by atoms with Crippen molar-refractivity contribution in [1.29, 1.82) is 0 Å². The molecule has 1 aromatic rings. The van der Waals surface area contributed by atoms with Crippen molar-refractivity contribution in [1.82, 2.24) is 0 Å². The molecule has 0 aliphatic heterocycles. The van der Waals surface area contributed by atoms with Gasteiger partial charge in [-0.25, -0.2) is 4.79 Å². The lowest BCUT2D eigenvalue weighted by Gasteiger charge is -2.24. The van der Waals surface area contributed by atoms with E-state index in [2.05, 4.69) is 4.99 Å². The van der Waals surface area contributed by atoms with E-state index in [1.54, 1.807) is 24.3 Å². The number of halogens is 2. The number of rotatable bonds is 2. The summed E-state index contributed by atoms with van der Waals surface area (Å²) in [7, 11) is 0. The van der Waals surface area contributed by atoms with Gasteiger partial charge in [0.25, 0.3) is 0 Å². The lowest BCUT2D eigenvalue weighted by molar-refractivity contribution is 0.456. The SMILES string of the molecule is O=C=NC1(c2cc(Cl)ccc2Cl)CCCC1. The Morgan fingerprint density at radius 1 is 1.25 bits per heavy atom. The van der Waals surface area contributed by atoms with Crippen LogP contribution in [0.3, 0.4) is 0 Å². The minimum Gasteiger partial charge on any atom is -0.211 e. The summed E-state index contributed by atoms with van der Waals surface area (Å²) in [5.74, 6) is 0. The van der Waals surface area contributed by atoms with Crippen molar-refractivity contribution >= 4 is 29.3 Å². The van der Waals surface area contributed by atoms with Gasteiger partial charge in [0.2, 0.25) is 6.08 Å². The minimum absolute atomic E-state index is 0.496. The Labute approximate surface area is 104 Å². The standard InChI is InChI=1S/C12H11Cl2NO/c13-9-3-4-11(14)10(7-9)12(15-8-16)5-1-2-6-12/h3-4,7H,1-2,5-6H2. The van der Waals surface area contributed by atoms with Crippen LogP contribution in [0.4, 0.5) is 0 Å². The summed E-state index contributed by atoms with van der Waals surface area (Å²) in [6.07, 6.45) is 5.44. The summed E-state index contributed by atoms with van der Waals surface area (Å²) >= 11 is 12.1. The molecule has 0 unspecified atom stereocenters. The number of benzene rings is 1. The van der Waals surface area contributed by atoms with Gasteiger partial charge >= 0.3 is 0 Å². The molecule has 1 aromatic carbocycles. The molecule has 0 amide bonds. The van der Waals surface area contributed by atoms with Gasteiger partial charge in [0, 0.05) is 15.6 Å². The first kappa shape index (κ1) is 11.7. The summed E-state index contributed by atoms with van der Waals surface area (Å²) in [6, 6.07) is 5.29. The molecule has 1 fully saturated rings. The minimum atomic E-state index is -0.496. The maximum Gasteiger partial charge on any atom is 0.235 e. The first-order chi connectivity index (χ1) is 7.68. The lowest BCUT2D eigenvalue weighted by atomic mass is 9.89. The van der Waals surface area contributed by atoms with Crippen molar-refractivity contribution in [2.45, 2.75) is 31.2 Å². The van der Waals surface area contributed by atoms with E-state index in [1.807, 2.05) is 0 Å². The van der Waals surface area contributed by atoms with Gasteiger partial charge in [-0.1, -0.05) is 36.0 Å². The van der Waals surface area contributed by atoms with Crippen LogP contribution >= 0.6 is 23.2 Å². The maximum atomic E-state index is 10.6. The second-order valence-corrected chi connectivity index (χ2v) is 4.91. The van der Waals surface area contributed by atoms with Gasteiger partial charge in [0.1, 0.15) is 0 Å². The topological polar surface area (TPSA) is 29.4 Å². The van der Waals surface area contributed by atoms with E-state index >= 15 is 0 Å². The van der Waals surface area contributed by atoms with Gasteiger partial charge < -0.3 is 0 Å². The predicted octanol–water partition coefficient (Wildman–Crippen LogP) is 4.10. The average Bonchev–Trinajstić information content (AvgIpc) is 2.72. The van der Waals surface area contributed by atoms with Gasteiger partial charge in [-0.15, -0.1) is 0 Å². The highest BCUT2D eigenvalue weighted by atomic mass is 35.5. The first-order valence-electron chi connectivity index (χ1n) is 5.22. The molecule has 2 rings (SSSR count). The van der Waals surface area contributed by atoms with E-state index in [1.165, 1.54) is 0 Å². The Kier molecular flexibility index (Phi) is 3.34. The van der Waals surface area contributed by atoms with Gasteiger partial charge in [-0.2, -0.15) is 4.99 Å². The Balaban J connectivity index is 2.54. The highest BCUT2D eigenvalue weighted by molar-refractivity contribution is 6.33. The highest BCUT2D eigenvalue weighted by Crippen LogP contribution is 2.45. The predicted molar refractivity (Wildman–Crippen MR) is 64.7 cm³/mol. The molecule has 2 nitrogen and oxygen atoms in total. The Morgan fingerprint density at radius 2 is 1.94 bits per heavy atom. The lowest BCUT2D eigenvalue weighted by Crippen LogP contribution is -2.19. The fraction of sp³-hybridized carbons (Fsp3) is 0.417. The average molecular weight is 256 g/mol. The Morgan fingerprint density at radius 3 is 2.56 bits per heavy atom.